The lowest BCUT2D eigenvalue weighted by Gasteiger charge is -2.22. The minimum absolute atomic E-state index is 0.152. The van der Waals surface area contributed by atoms with Gasteiger partial charge in [-0.15, -0.1) is 0 Å². The average Bonchev–Trinajstić information content (AvgIpc) is 2.37. The quantitative estimate of drug-likeness (QED) is 0.852. The first-order valence-corrected chi connectivity index (χ1v) is 5.33. The smallest absolute Gasteiger partial charge is 0.255 e. The summed E-state index contributed by atoms with van der Waals surface area (Å²) in [6, 6.07) is 1.75. The van der Waals surface area contributed by atoms with Gasteiger partial charge in [0.05, 0.1) is 26.9 Å². The van der Waals surface area contributed by atoms with Gasteiger partial charge in [0.2, 0.25) is 0 Å². The van der Waals surface area contributed by atoms with Crippen molar-refractivity contribution in [1.82, 2.24) is 5.32 Å². The largest absolute Gasteiger partial charge is 0.496 e. The predicted octanol–water partition coefficient (Wildman–Crippen LogP) is 0.998. The predicted molar refractivity (Wildman–Crippen MR) is 62.1 cm³/mol. The van der Waals surface area contributed by atoms with Crippen LogP contribution in [0, 0.1) is 0 Å². The van der Waals surface area contributed by atoms with Gasteiger partial charge in [-0.2, -0.15) is 0 Å². The van der Waals surface area contributed by atoms with Gasteiger partial charge in [0.25, 0.3) is 5.91 Å². The first-order chi connectivity index (χ1) is 8.22. The van der Waals surface area contributed by atoms with Crippen LogP contribution in [0.1, 0.15) is 15.9 Å². The average molecular weight is 237 g/mol. The molecular formula is C12H15NO4. The highest BCUT2D eigenvalue weighted by Gasteiger charge is 2.27. The maximum absolute atomic E-state index is 11.9. The van der Waals surface area contributed by atoms with E-state index in [1.165, 1.54) is 14.2 Å². The van der Waals surface area contributed by atoms with Crippen LogP contribution in [0.5, 0.6) is 17.2 Å². The summed E-state index contributed by atoms with van der Waals surface area (Å²) < 4.78 is 15.8. The number of fused-ring (bicyclic) bond motifs is 1. The Morgan fingerprint density at radius 3 is 2.41 bits per heavy atom. The highest BCUT2D eigenvalue weighted by atomic mass is 16.5. The van der Waals surface area contributed by atoms with E-state index in [0.29, 0.717) is 29.4 Å². The second kappa shape index (κ2) is 4.53. The molecule has 0 aromatic heterocycles. The molecule has 0 spiro atoms. The molecule has 5 nitrogen and oxygen atoms in total. The third-order valence-electron chi connectivity index (χ3n) is 2.84. The Bertz CT molecular complexity index is 434. The number of rotatable bonds is 3. The third-order valence-corrected chi connectivity index (χ3v) is 2.84. The van der Waals surface area contributed by atoms with Crippen LogP contribution in [0.3, 0.4) is 0 Å². The van der Waals surface area contributed by atoms with Crippen molar-refractivity contribution >= 4 is 5.91 Å². The van der Waals surface area contributed by atoms with Crippen LogP contribution in [0.4, 0.5) is 0 Å². The lowest BCUT2D eigenvalue weighted by atomic mass is 9.97. The van der Waals surface area contributed by atoms with Crippen LogP contribution in [0.2, 0.25) is 0 Å². The van der Waals surface area contributed by atoms with Gasteiger partial charge in [-0.1, -0.05) is 0 Å². The fraction of sp³-hybridized carbons (Fsp3) is 0.417. The molecule has 1 aromatic rings. The number of carbonyl (C=O) groups is 1. The number of nitrogens with one attached hydrogen (secondary N) is 1. The zero-order chi connectivity index (χ0) is 12.4. The van der Waals surface area contributed by atoms with E-state index in [9.17, 15) is 4.79 Å². The van der Waals surface area contributed by atoms with E-state index in [0.717, 1.165) is 12.0 Å². The van der Waals surface area contributed by atoms with Gasteiger partial charge >= 0.3 is 0 Å². The molecule has 0 fully saturated rings. The molecule has 17 heavy (non-hydrogen) atoms. The van der Waals surface area contributed by atoms with E-state index < -0.39 is 0 Å². The van der Waals surface area contributed by atoms with Crippen molar-refractivity contribution in [2.75, 3.05) is 27.9 Å². The highest BCUT2D eigenvalue weighted by molar-refractivity contribution is 6.01. The van der Waals surface area contributed by atoms with Crippen molar-refractivity contribution in [1.29, 1.82) is 0 Å². The highest BCUT2D eigenvalue weighted by Crippen LogP contribution is 2.40. The molecule has 1 aliphatic heterocycles. The molecular weight excluding hydrogens is 222 g/mol. The van der Waals surface area contributed by atoms with Crippen molar-refractivity contribution in [2.24, 2.45) is 0 Å². The van der Waals surface area contributed by atoms with Crippen molar-refractivity contribution in [3.63, 3.8) is 0 Å². The fourth-order valence-corrected chi connectivity index (χ4v) is 2.07. The van der Waals surface area contributed by atoms with Crippen molar-refractivity contribution in [2.45, 2.75) is 6.42 Å². The number of hydrogen-bond acceptors (Lipinski definition) is 4. The number of benzene rings is 1. The number of amides is 1. The summed E-state index contributed by atoms with van der Waals surface area (Å²) in [5.74, 6) is 1.47. The molecule has 0 unspecified atom stereocenters. The molecule has 0 saturated heterocycles. The summed E-state index contributed by atoms with van der Waals surface area (Å²) in [6.07, 6.45) is 0.727. The van der Waals surface area contributed by atoms with Crippen LogP contribution in [-0.4, -0.2) is 33.8 Å². The molecule has 1 N–H and O–H groups in total. The Morgan fingerprint density at radius 2 is 1.82 bits per heavy atom. The Morgan fingerprint density at radius 1 is 1.12 bits per heavy atom. The molecule has 1 aliphatic rings. The van der Waals surface area contributed by atoms with E-state index in [2.05, 4.69) is 5.32 Å². The second-order valence-electron chi connectivity index (χ2n) is 3.67. The summed E-state index contributed by atoms with van der Waals surface area (Å²) in [5, 5.41) is 2.79. The Balaban J connectivity index is 2.71. The van der Waals surface area contributed by atoms with Gasteiger partial charge in [0.1, 0.15) is 5.75 Å². The van der Waals surface area contributed by atoms with Crippen LogP contribution in [0.15, 0.2) is 6.07 Å². The van der Waals surface area contributed by atoms with Crippen LogP contribution in [-0.2, 0) is 6.42 Å². The SMILES string of the molecule is COc1cc(OC)c(OC)c2c1CCNC2=O. The van der Waals surface area contributed by atoms with Crippen molar-refractivity contribution in [3.05, 3.63) is 17.2 Å². The number of hydrogen-bond donors (Lipinski definition) is 1. The minimum Gasteiger partial charge on any atom is -0.496 e. The molecule has 0 atom stereocenters. The minimum atomic E-state index is -0.152. The van der Waals surface area contributed by atoms with E-state index in [1.54, 1.807) is 13.2 Å². The Hall–Kier alpha value is -1.91. The maximum atomic E-state index is 11.9. The molecule has 5 heteroatoms. The summed E-state index contributed by atoms with van der Waals surface area (Å²) in [4.78, 5) is 11.9. The van der Waals surface area contributed by atoms with Gasteiger partial charge < -0.3 is 19.5 Å². The summed E-state index contributed by atoms with van der Waals surface area (Å²) >= 11 is 0. The first-order valence-electron chi connectivity index (χ1n) is 5.33. The molecule has 0 aliphatic carbocycles. The van der Waals surface area contributed by atoms with E-state index in [4.69, 9.17) is 14.2 Å². The monoisotopic (exact) mass is 237 g/mol. The number of ether oxygens (including phenoxy) is 3. The molecule has 1 amide bonds. The molecule has 2 rings (SSSR count). The zero-order valence-electron chi connectivity index (χ0n) is 10.1. The fourth-order valence-electron chi connectivity index (χ4n) is 2.07. The molecule has 0 saturated carbocycles. The third kappa shape index (κ3) is 1.77. The van der Waals surface area contributed by atoms with Gasteiger partial charge in [-0.05, 0) is 6.42 Å². The number of carbonyl (C=O) groups excluding carboxylic acids is 1. The molecule has 92 valence electrons. The van der Waals surface area contributed by atoms with Crippen LogP contribution < -0.4 is 19.5 Å². The summed E-state index contributed by atoms with van der Waals surface area (Å²) in [7, 11) is 4.63. The second-order valence-corrected chi connectivity index (χ2v) is 3.67. The lowest BCUT2D eigenvalue weighted by molar-refractivity contribution is 0.0941. The molecule has 0 bridgehead atoms. The van der Waals surface area contributed by atoms with E-state index in [1.807, 2.05) is 0 Å². The topological polar surface area (TPSA) is 56.8 Å². The lowest BCUT2D eigenvalue weighted by Crippen LogP contribution is -2.32. The number of methoxy groups -OCH3 is 3. The van der Waals surface area contributed by atoms with Crippen molar-refractivity contribution in [3.8, 4) is 17.2 Å². The first kappa shape index (κ1) is 11.6. The molecule has 0 radical (unpaired) electrons. The van der Waals surface area contributed by atoms with Crippen molar-refractivity contribution < 1.29 is 19.0 Å². The maximum Gasteiger partial charge on any atom is 0.255 e. The normalized spacial score (nSPS) is 13.7. The summed E-state index contributed by atoms with van der Waals surface area (Å²) in [5.41, 5.74) is 1.38. The Labute approximate surface area is 99.7 Å². The Kier molecular flexibility index (Phi) is 3.08. The van der Waals surface area contributed by atoms with E-state index >= 15 is 0 Å². The zero-order valence-corrected chi connectivity index (χ0v) is 10.1. The van der Waals surface area contributed by atoms with E-state index in [-0.39, 0.29) is 5.91 Å². The van der Waals surface area contributed by atoms with Gasteiger partial charge in [-0.3, -0.25) is 4.79 Å². The summed E-state index contributed by atoms with van der Waals surface area (Å²) in [6.45, 7) is 0.609. The molecule has 1 aromatic carbocycles. The van der Waals surface area contributed by atoms with Gasteiger partial charge in [0.15, 0.2) is 11.5 Å². The van der Waals surface area contributed by atoms with Gasteiger partial charge in [0, 0.05) is 18.2 Å². The van der Waals surface area contributed by atoms with Crippen LogP contribution in [0.25, 0.3) is 0 Å². The van der Waals surface area contributed by atoms with Gasteiger partial charge in [-0.25, -0.2) is 0 Å². The standard InChI is InChI=1S/C12H15NO4/c1-15-8-6-9(16-2)11(17-3)10-7(8)4-5-13-12(10)14/h6H,4-5H2,1-3H3,(H,13,14). The van der Waals surface area contributed by atoms with Crippen LogP contribution >= 0.6 is 0 Å². The molecule has 1 heterocycles.